The van der Waals surface area contributed by atoms with Crippen molar-refractivity contribution in [2.75, 3.05) is 5.32 Å². The number of hydrogen-bond donors (Lipinski definition) is 2. The topological polar surface area (TPSA) is 115 Å². The van der Waals surface area contributed by atoms with Gasteiger partial charge in [0.15, 0.2) is 5.13 Å². The van der Waals surface area contributed by atoms with Gasteiger partial charge in [-0.15, -0.1) is 11.3 Å². The van der Waals surface area contributed by atoms with Crippen LogP contribution in [0.3, 0.4) is 0 Å². The lowest BCUT2D eigenvalue weighted by Gasteiger charge is -2.04. The van der Waals surface area contributed by atoms with Crippen LogP contribution in [0.5, 0.6) is 0 Å². The average molecular weight is 346 g/mol. The molecule has 0 bridgehead atoms. The third-order valence-electron chi connectivity index (χ3n) is 3.47. The molecule has 0 atom stereocenters. The minimum absolute atomic E-state index is 0.159. The summed E-state index contributed by atoms with van der Waals surface area (Å²) in [5.41, 5.74) is 2.74. The summed E-state index contributed by atoms with van der Waals surface area (Å²) in [6.45, 7) is 1.55. The second-order valence-corrected chi connectivity index (χ2v) is 5.89. The third-order valence-corrected chi connectivity index (χ3v) is 4.23. The zero-order valence-electron chi connectivity index (χ0n) is 12.9. The number of anilines is 1. The van der Waals surface area contributed by atoms with Gasteiger partial charge in [0.1, 0.15) is 12.2 Å². The van der Waals surface area contributed by atoms with Crippen molar-refractivity contribution in [3.8, 4) is 11.3 Å². The number of aromatic nitrogens is 5. The highest BCUT2D eigenvalue weighted by Gasteiger charge is 2.16. The molecule has 0 fully saturated rings. The summed E-state index contributed by atoms with van der Waals surface area (Å²) in [5, 5.41) is 21.7. The Labute approximate surface area is 140 Å². The molecule has 0 spiro atoms. The number of hydrogen-bond acceptors (Lipinski definition) is 6. The summed E-state index contributed by atoms with van der Waals surface area (Å²) in [6, 6.07) is 1.46. The number of nitrogens with one attached hydrogen (secondary N) is 1. The van der Waals surface area contributed by atoms with Gasteiger partial charge in [-0.2, -0.15) is 10.2 Å². The number of aryl methyl sites for hydroxylation is 1. The molecule has 0 saturated heterocycles. The number of thiazole rings is 1. The molecule has 0 radical (unpaired) electrons. The van der Waals surface area contributed by atoms with Gasteiger partial charge in [0.2, 0.25) is 0 Å². The summed E-state index contributed by atoms with van der Waals surface area (Å²) in [6.07, 6.45) is 3.10. The first-order valence-corrected chi connectivity index (χ1v) is 7.83. The number of nitrogens with zero attached hydrogens (tertiary/aromatic N) is 5. The molecule has 3 aromatic heterocycles. The Balaban J connectivity index is 1.78. The maximum absolute atomic E-state index is 12.3. The number of carboxylic acids is 1. The predicted octanol–water partition coefficient (Wildman–Crippen LogP) is 1.39. The number of aliphatic carboxylic acids is 1. The van der Waals surface area contributed by atoms with Crippen LogP contribution in [0.4, 0.5) is 5.13 Å². The van der Waals surface area contributed by atoms with Crippen LogP contribution in [0, 0.1) is 6.92 Å². The molecule has 1 amide bonds. The molecule has 0 aliphatic heterocycles. The molecular weight excluding hydrogens is 332 g/mol. The van der Waals surface area contributed by atoms with E-state index in [1.165, 1.54) is 23.6 Å². The molecule has 124 valence electrons. The van der Waals surface area contributed by atoms with Gasteiger partial charge >= 0.3 is 5.97 Å². The fraction of sp³-hybridized carbons (Fsp3) is 0.214. The van der Waals surface area contributed by atoms with E-state index in [0.29, 0.717) is 5.13 Å². The SMILES string of the molecule is Cc1c(-c2csc(NC(=O)c3ccnn3CC(=O)O)n2)cnn1C. The first kappa shape index (κ1) is 15.9. The standard InChI is InChI=1S/C14H14N6O3S/c1-8-9(5-16-19(8)2)10-7-24-14(17-10)18-13(23)11-3-4-15-20(11)6-12(21)22/h3-5,7H,6H2,1-2H3,(H,21,22)(H,17,18,23). The maximum atomic E-state index is 12.3. The molecule has 3 aromatic rings. The Kier molecular flexibility index (Phi) is 4.13. The third kappa shape index (κ3) is 3.04. The van der Waals surface area contributed by atoms with Crippen molar-refractivity contribution in [2.45, 2.75) is 13.5 Å². The average Bonchev–Trinajstić information content (AvgIpc) is 3.22. The van der Waals surface area contributed by atoms with Crippen molar-refractivity contribution < 1.29 is 14.7 Å². The van der Waals surface area contributed by atoms with Crippen LogP contribution < -0.4 is 5.32 Å². The number of carboxylic acid groups (broad SMARTS) is 1. The smallest absolute Gasteiger partial charge is 0.325 e. The Morgan fingerprint density at radius 2 is 2.17 bits per heavy atom. The van der Waals surface area contributed by atoms with Crippen LogP contribution in [-0.4, -0.2) is 41.5 Å². The lowest BCUT2D eigenvalue weighted by atomic mass is 10.2. The number of carbonyl (C=O) groups is 2. The molecule has 0 unspecified atom stereocenters. The van der Waals surface area contributed by atoms with Crippen molar-refractivity contribution in [1.29, 1.82) is 0 Å². The Hall–Kier alpha value is -3.01. The first-order valence-electron chi connectivity index (χ1n) is 6.95. The molecule has 24 heavy (non-hydrogen) atoms. The van der Waals surface area contributed by atoms with Crippen molar-refractivity contribution in [2.24, 2.45) is 7.05 Å². The minimum atomic E-state index is -1.07. The highest BCUT2D eigenvalue weighted by molar-refractivity contribution is 7.14. The van der Waals surface area contributed by atoms with Crippen LogP contribution >= 0.6 is 11.3 Å². The highest BCUT2D eigenvalue weighted by Crippen LogP contribution is 2.27. The van der Waals surface area contributed by atoms with E-state index >= 15 is 0 Å². The second kappa shape index (κ2) is 6.24. The molecular formula is C14H14N6O3S. The summed E-state index contributed by atoms with van der Waals surface area (Å²) < 4.78 is 2.87. The van der Waals surface area contributed by atoms with Gasteiger partial charge in [0, 0.05) is 29.9 Å². The zero-order chi connectivity index (χ0) is 17.3. The number of amides is 1. The van der Waals surface area contributed by atoms with E-state index in [2.05, 4.69) is 20.5 Å². The quantitative estimate of drug-likeness (QED) is 0.721. The lowest BCUT2D eigenvalue weighted by molar-refractivity contribution is -0.137. The molecule has 9 nitrogen and oxygen atoms in total. The van der Waals surface area contributed by atoms with Crippen LogP contribution in [-0.2, 0) is 18.4 Å². The summed E-state index contributed by atoms with van der Waals surface area (Å²) in [4.78, 5) is 27.4. The normalized spacial score (nSPS) is 10.8. The van der Waals surface area contributed by atoms with Crippen molar-refractivity contribution in [3.63, 3.8) is 0 Å². The van der Waals surface area contributed by atoms with Gasteiger partial charge < -0.3 is 5.11 Å². The second-order valence-electron chi connectivity index (χ2n) is 5.03. The van der Waals surface area contributed by atoms with Gasteiger partial charge in [-0.25, -0.2) is 9.67 Å². The minimum Gasteiger partial charge on any atom is -0.480 e. The predicted molar refractivity (Wildman–Crippen MR) is 86.9 cm³/mol. The maximum Gasteiger partial charge on any atom is 0.325 e. The Bertz CT molecular complexity index is 909. The summed E-state index contributed by atoms with van der Waals surface area (Å²) in [7, 11) is 1.84. The van der Waals surface area contributed by atoms with E-state index < -0.39 is 11.9 Å². The van der Waals surface area contributed by atoms with Crippen LogP contribution in [0.15, 0.2) is 23.8 Å². The number of rotatable bonds is 5. The van der Waals surface area contributed by atoms with Crippen LogP contribution in [0.25, 0.3) is 11.3 Å². The van der Waals surface area contributed by atoms with Gasteiger partial charge in [0.25, 0.3) is 5.91 Å². The molecule has 3 rings (SSSR count). The van der Waals surface area contributed by atoms with Gasteiger partial charge in [0.05, 0.1) is 11.9 Å². The van der Waals surface area contributed by atoms with E-state index in [4.69, 9.17) is 5.11 Å². The molecule has 10 heteroatoms. The fourth-order valence-corrected chi connectivity index (χ4v) is 2.85. The van der Waals surface area contributed by atoms with Gasteiger partial charge in [-0.3, -0.25) is 19.6 Å². The highest BCUT2D eigenvalue weighted by atomic mass is 32.1. The zero-order valence-corrected chi connectivity index (χ0v) is 13.7. The molecule has 0 aliphatic carbocycles. The van der Waals surface area contributed by atoms with Crippen molar-refractivity contribution in [3.05, 3.63) is 35.2 Å². The van der Waals surface area contributed by atoms with Crippen LogP contribution in [0.1, 0.15) is 16.2 Å². The summed E-state index contributed by atoms with van der Waals surface area (Å²) in [5.74, 6) is -1.53. The fourth-order valence-electron chi connectivity index (χ4n) is 2.15. The monoisotopic (exact) mass is 346 g/mol. The largest absolute Gasteiger partial charge is 0.480 e. The van der Waals surface area contributed by atoms with E-state index in [9.17, 15) is 9.59 Å². The van der Waals surface area contributed by atoms with E-state index in [-0.39, 0.29) is 12.2 Å². The van der Waals surface area contributed by atoms with Crippen molar-refractivity contribution >= 4 is 28.3 Å². The van der Waals surface area contributed by atoms with Crippen molar-refractivity contribution in [1.82, 2.24) is 24.5 Å². The molecule has 0 aliphatic rings. The Morgan fingerprint density at radius 1 is 1.38 bits per heavy atom. The number of carbonyl (C=O) groups excluding carboxylic acids is 1. The van der Waals surface area contributed by atoms with E-state index in [1.807, 2.05) is 19.4 Å². The van der Waals surface area contributed by atoms with E-state index in [1.54, 1.807) is 10.9 Å². The molecule has 0 saturated carbocycles. The summed E-state index contributed by atoms with van der Waals surface area (Å²) >= 11 is 1.28. The first-order chi connectivity index (χ1) is 11.5. The Morgan fingerprint density at radius 3 is 2.83 bits per heavy atom. The van der Waals surface area contributed by atoms with Gasteiger partial charge in [-0.05, 0) is 13.0 Å². The lowest BCUT2D eigenvalue weighted by Crippen LogP contribution is -2.20. The molecule has 0 aromatic carbocycles. The van der Waals surface area contributed by atoms with E-state index in [0.717, 1.165) is 21.6 Å². The van der Waals surface area contributed by atoms with Gasteiger partial charge in [-0.1, -0.05) is 0 Å². The van der Waals surface area contributed by atoms with Crippen LogP contribution in [0.2, 0.25) is 0 Å². The molecule has 3 heterocycles. The molecule has 2 N–H and O–H groups in total.